The van der Waals surface area contributed by atoms with Crippen molar-refractivity contribution in [3.63, 3.8) is 0 Å². The number of hydrogen-bond donors (Lipinski definition) is 1. The van der Waals surface area contributed by atoms with Crippen LogP contribution in [-0.4, -0.2) is 16.9 Å². The quantitative estimate of drug-likeness (QED) is 0.578. The first kappa shape index (κ1) is 8.24. The fourth-order valence-electron chi connectivity index (χ4n) is 1.46. The highest BCUT2D eigenvalue weighted by Crippen LogP contribution is 2.25. The highest BCUT2D eigenvalue weighted by molar-refractivity contribution is 5.98. The minimum Gasteiger partial charge on any atom is -0.481 e. The summed E-state index contributed by atoms with van der Waals surface area (Å²) >= 11 is 0. The molecule has 3 nitrogen and oxygen atoms in total. The Labute approximate surface area is 65.4 Å². The molecule has 0 unspecified atom stereocenters. The van der Waals surface area contributed by atoms with E-state index in [0.717, 1.165) is 6.42 Å². The molecule has 0 amide bonds. The maximum Gasteiger partial charge on any atom is 0.314 e. The summed E-state index contributed by atoms with van der Waals surface area (Å²) in [7, 11) is 0. The first-order chi connectivity index (χ1) is 5.11. The van der Waals surface area contributed by atoms with Gasteiger partial charge in [0.2, 0.25) is 0 Å². The van der Waals surface area contributed by atoms with Crippen molar-refractivity contribution in [2.24, 2.45) is 11.8 Å². The minimum absolute atomic E-state index is 0.101. The average Bonchev–Trinajstić information content (AvgIpc) is 1.85. The number of aliphatic carboxylic acids is 1. The lowest BCUT2D eigenvalue weighted by Crippen LogP contribution is -2.29. The fraction of sp³-hybridized carbons (Fsp3) is 0.750. The lowest BCUT2D eigenvalue weighted by molar-refractivity contribution is -0.148. The van der Waals surface area contributed by atoms with Crippen molar-refractivity contribution in [3.8, 4) is 0 Å². The van der Waals surface area contributed by atoms with Crippen LogP contribution < -0.4 is 0 Å². The molecular weight excluding hydrogens is 144 g/mol. The van der Waals surface area contributed by atoms with E-state index in [9.17, 15) is 9.59 Å². The number of rotatable bonds is 1. The molecule has 0 aromatic heterocycles. The van der Waals surface area contributed by atoms with Gasteiger partial charge in [-0.2, -0.15) is 0 Å². The smallest absolute Gasteiger partial charge is 0.314 e. The van der Waals surface area contributed by atoms with Crippen molar-refractivity contribution < 1.29 is 14.7 Å². The van der Waals surface area contributed by atoms with E-state index in [2.05, 4.69) is 0 Å². The number of hydrogen-bond acceptors (Lipinski definition) is 2. The van der Waals surface area contributed by atoms with E-state index in [1.54, 1.807) is 0 Å². The third-order valence-corrected chi connectivity index (χ3v) is 2.18. The maximum absolute atomic E-state index is 11.1. The van der Waals surface area contributed by atoms with Crippen LogP contribution in [0.25, 0.3) is 0 Å². The van der Waals surface area contributed by atoms with Crippen LogP contribution >= 0.6 is 0 Å². The summed E-state index contributed by atoms with van der Waals surface area (Å²) in [6.07, 6.45) is 1.83. The van der Waals surface area contributed by atoms with Gasteiger partial charge in [-0.25, -0.2) is 0 Å². The van der Waals surface area contributed by atoms with Gasteiger partial charge in [-0.05, 0) is 18.8 Å². The van der Waals surface area contributed by atoms with Crippen LogP contribution in [0, 0.1) is 11.8 Å². The van der Waals surface area contributed by atoms with E-state index in [4.69, 9.17) is 5.11 Å². The fourth-order valence-corrected chi connectivity index (χ4v) is 1.46. The number of Topliss-reactive ketones (excluding diaryl/α,β-unsaturated/α-hetero) is 1. The van der Waals surface area contributed by atoms with Gasteiger partial charge in [-0.1, -0.05) is 6.92 Å². The normalized spacial score (nSPS) is 31.9. The SMILES string of the molecule is C[C@H]1CC[C@@H](C(=O)O)C(=O)C1. The Balaban J connectivity index is 2.58. The van der Waals surface area contributed by atoms with Gasteiger partial charge < -0.3 is 5.11 Å². The van der Waals surface area contributed by atoms with Crippen molar-refractivity contribution in [2.45, 2.75) is 26.2 Å². The van der Waals surface area contributed by atoms with Crippen molar-refractivity contribution in [1.29, 1.82) is 0 Å². The van der Waals surface area contributed by atoms with Crippen molar-refractivity contribution in [2.75, 3.05) is 0 Å². The van der Waals surface area contributed by atoms with Gasteiger partial charge in [0, 0.05) is 6.42 Å². The largest absolute Gasteiger partial charge is 0.481 e. The highest BCUT2D eigenvalue weighted by atomic mass is 16.4. The zero-order chi connectivity index (χ0) is 8.43. The molecule has 1 aliphatic carbocycles. The predicted octanol–water partition coefficient (Wildman–Crippen LogP) is 1.08. The molecule has 1 aliphatic rings. The third kappa shape index (κ3) is 1.79. The van der Waals surface area contributed by atoms with Gasteiger partial charge in [0.05, 0.1) is 0 Å². The molecule has 1 saturated carbocycles. The van der Waals surface area contributed by atoms with E-state index in [-0.39, 0.29) is 5.78 Å². The molecule has 1 fully saturated rings. The Bertz CT molecular complexity index is 186. The van der Waals surface area contributed by atoms with Gasteiger partial charge in [0.25, 0.3) is 0 Å². The molecule has 3 heteroatoms. The molecule has 0 heterocycles. The Morgan fingerprint density at radius 2 is 2.18 bits per heavy atom. The minimum atomic E-state index is -0.957. The first-order valence-electron chi connectivity index (χ1n) is 3.86. The second-order valence-corrected chi connectivity index (χ2v) is 3.24. The van der Waals surface area contributed by atoms with Crippen LogP contribution in [-0.2, 0) is 9.59 Å². The van der Waals surface area contributed by atoms with Crippen LogP contribution in [0.15, 0.2) is 0 Å². The van der Waals surface area contributed by atoms with Crippen molar-refractivity contribution in [1.82, 2.24) is 0 Å². The molecule has 0 bridgehead atoms. The molecule has 0 aliphatic heterocycles. The number of carbonyl (C=O) groups excluding carboxylic acids is 1. The van der Waals surface area contributed by atoms with E-state index < -0.39 is 11.9 Å². The molecule has 2 atom stereocenters. The Morgan fingerprint density at radius 1 is 1.55 bits per heavy atom. The zero-order valence-electron chi connectivity index (χ0n) is 6.54. The van der Waals surface area contributed by atoms with E-state index >= 15 is 0 Å². The predicted molar refractivity (Wildman–Crippen MR) is 39.1 cm³/mol. The zero-order valence-corrected chi connectivity index (χ0v) is 6.54. The van der Waals surface area contributed by atoms with Gasteiger partial charge in [0.1, 0.15) is 11.7 Å². The van der Waals surface area contributed by atoms with Gasteiger partial charge in [-0.3, -0.25) is 9.59 Å². The maximum atomic E-state index is 11.1. The van der Waals surface area contributed by atoms with Gasteiger partial charge >= 0.3 is 5.97 Å². The summed E-state index contributed by atoms with van der Waals surface area (Å²) in [6, 6.07) is 0. The molecule has 0 radical (unpaired) electrons. The first-order valence-corrected chi connectivity index (χ1v) is 3.86. The van der Waals surface area contributed by atoms with Crippen molar-refractivity contribution in [3.05, 3.63) is 0 Å². The molecule has 0 spiro atoms. The summed E-state index contributed by atoms with van der Waals surface area (Å²) in [5.74, 6) is -1.40. The standard InChI is InChI=1S/C8H12O3/c1-5-2-3-6(8(10)11)7(9)4-5/h5-6H,2-4H2,1H3,(H,10,11)/t5-,6+/m0/s1. The second kappa shape index (κ2) is 3.03. The monoisotopic (exact) mass is 156 g/mol. The molecular formula is C8H12O3. The molecule has 11 heavy (non-hydrogen) atoms. The summed E-state index contributed by atoms with van der Waals surface area (Å²) < 4.78 is 0. The summed E-state index contributed by atoms with van der Waals surface area (Å²) in [4.78, 5) is 21.5. The lowest BCUT2D eigenvalue weighted by Gasteiger charge is -2.21. The molecule has 0 aromatic carbocycles. The van der Waals surface area contributed by atoms with Crippen LogP contribution in [0.3, 0.4) is 0 Å². The lowest BCUT2D eigenvalue weighted by atomic mass is 9.82. The van der Waals surface area contributed by atoms with Crippen LogP contribution in [0.5, 0.6) is 0 Å². The number of carboxylic acids is 1. The summed E-state index contributed by atoms with van der Waals surface area (Å²) in [5, 5.41) is 8.57. The second-order valence-electron chi connectivity index (χ2n) is 3.24. The van der Waals surface area contributed by atoms with Crippen molar-refractivity contribution >= 4 is 11.8 Å². The molecule has 1 rings (SSSR count). The highest BCUT2D eigenvalue weighted by Gasteiger charge is 2.31. The Kier molecular flexibility index (Phi) is 2.27. The van der Waals surface area contributed by atoms with Crippen LogP contribution in [0.2, 0.25) is 0 Å². The number of ketones is 1. The molecule has 1 N–H and O–H groups in total. The van der Waals surface area contributed by atoms with Gasteiger partial charge in [-0.15, -0.1) is 0 Å². The van der Waals surface area contributed by atoms with Crippen LogP contribution in [0.4, 0.5) is 0 Å². The Hall–Kier alpha value is -0.860. The summed E-state index contributed by atoms with van der Waals surface area (Å²) in [6.45, 7) is 1.98. The molecule has 0 saturated heterocycles. The average molecular weight is 156 g/mol. The van der Waals surface area contributed by atoms with E-state index in [1.165, 1.54) is 0 Å². The van der Waals surface area contributed by atoms with E-state index in [0.29, 0.717) is 18.8 Å². The van der Waals surface area contributed by atoms with E-state index in [1.807, 2.05) is 6.92 Å². The van der Waals surface area contributed by atoms with Gasteiger partial charge in [0.15, 0.2) is 0 Å². The Morgan fingerprint density at radius 3 is 2.64 bits per heavy atom. The number of carboxylic acid groups (broad SMARTS) is 1. The van der Waals surface area contributed by atoms with Crippen LogP contribution in [0.1, 0.15) is 26.2 Å². The third-order valence-electron chi connectivity index (χ3n) is 2.18. The topological polar surface area (TPSA) is 54.4 Å². The molecule has 62 valence electrons. The summed E-state index contributed by atoms with van der Waals surface area (Å²) in [5.41, 5.74) is 0. The number of carbonyl (C=O) groups is 2. The molecule has 0 aromatic rings.